The van der Waals surface area contributed by atoms with Gasteiger partial charge in [-0.3, -0.25) is 0 Å². The smallest absolute Gasteiger partial charge is 0.282 e. The Bertz CT molecular complexity index is 381. The van der Waals surface area contributed by atoms with Crippen molar-refractivity contribution in [3.8, 4) is 0 Å². The SMILES string of the molecule is CCN(CC(C)(C)CN)S(=O)(=O)N1CCCCC1C. The van der Waals surface area contributed by atoms with E-state index in [0.717, 1.165) is 19.3 Å². The van der Waals surface area contributed by atoms with Crippen LogP contribution in [-0.4, -0.2) is 49.2 Å². The Kier molecular flexibility index (Phi) is 5.79. The van der Waals surface area contributed by atoms with E-state index in [1.165, 1.54) is 0 Å². The third kappa shape index (κ3) is 4.15. The number of rotatable bonds is 6. The predicted octanol–water partition coefficient (Wildman–Crippen LogP) is 1.41. The van der Waals surface area contributed by atoms with Gasteiger partial charge in [-0.15, -0.1) is 0 Å². The largest absolute Gasteiger partial charge is 0.330 e. The molecule has 0 spiro atoms. The van der Waals surface area contributed by atoms with Crippen LogP contribution in [0.1, 0.15) is 47.0 Å². The summed E-state index contributed by atoms with van der Waals surface area (Å²) >= 11 is 0. The molecule has 1 atom stereocenters. The minimum atomic E-state index is -3.36. The maximum absolute atomic E-state index is 12.7. The van der Waals surface area contributed by atoms with E-state index in [1.807, 2.05) is 27.7 Å². The van der Waals surface area contributed by atoms with Gasteiger partial charge in [-0.2, -0.15) is 17.0 Å². The standard InChI is InChI=1S/C13H29N3O2S/c1-5-15(11-13(3,4)10-14)19(17,18)16-9-7-6-8-12(16)2/h12H,5-11,14H2,1-4H3. The quantitative estimate of drug-likeness (QED) is 0.804. The summed E-state index contributed by atoms with van der Waals surface area (Å²) in [5, 5.41) is 0. The highest BCUT2D eigenvalue weighted by Crippen LogP contribution is 2.24. The van der Waals surface area contributed by atoms with Gasteiger partial charge in [0.25, 0.3) is 10.2 Å². The summed E-state index contributed by atoms with van der Waals surface area (Å²) in [5.74, 6) is 0. The van der Waals surface area contributed by atoms with Crippen LogP contribution >= 0.6 is 0 Å². The van der Waals surface area contributed by atoms with Crippen LogP contribution in [0.25, 0.3) is 0 Å². The Balaban J connectivity index is 2.89. The van der Waals surface area contributed by atoms with Crippen molar-refractivity contribution in [1.29, 1.82) is 0 Å². The summed E-state index contributed by atoms with van der Waals surface area (Å²) in [5.41, 5.74) is 5.53. The predicted molar refractivity (Wildman–Crippen MR) is 79.0 cm³/mol. The first-order valence-electron chi connectivity index (χ1n) is 7.21. The van der Waals surface area contributed by atoms with Gasteiger partial charge in [-0.05, 0) is 31.7 Å². The summed E-state index contributed by atoms with van der Waals surface area (Å²) in [7, 11) is -3.36. The van der Waals surface area contributed by atoms with Gasteiger partial charge in [0.2, 0.25) is 0 Å². The highest BCUT2D eigenvalue weighted by molar-refractivity contribution is 7.86. The second-order valence-electron chi connectivity index (χ2n) is 6.26. The molecule has 1 fully saturated rings. The molecule has 1 unspecified atom stereocenters. The van der Waals surface area contributed by atoms with Crippen LogP contribution in [0.4, 0.5) is 0 Å². The van der Waals surface area contributed by atoms with Crippen molar-refractivity contribution in [2.75, 3.05) is 26.2 Å². The fourth-order valence-corrected chi connectivity index (χ4v) is 4.52. The van der Waals surface area contributed by atoms with Crippen LogP contribution in [0.15, 0.2) is 0 Å². The van der Waals surface area contributed by atoms with Gasteiger partial charge >= 0.3 is 0 Å². The fourth-order valence-electron chi connectivity index (χ4n) is 2.46. The Hall–Kier alpha value is -0.170. The van der Waals surface area contributed by atoms with Crippen molar-refractivity contribution >= 4 is 10.2 Å². The van der Waals surface area contributed by atoms with E-state index in [9.17, 15) is 8.42 Å². The van der Waals surface area contributed by atoms with Gasteiger partial charge in [0.1, 0.15) is 0 Å². The molecular weight excluding hydrogens is 262 g/mol. The van der Waals surface area contributed by atoms with Crippen molar-refractivity contribution in [1.82, 2.24) is 8.61 Å². The zero-order valence-corrected chi connectivity index (χ0v) is 13.5. The molecule has 0 saturated carbocycles. The van der Waals surface area contributed by atoms with Crippen molar-refractivity contribution in [2.45, 2.75) is 53.0 Å². The summed E-state index contributed by atoms with van der Waals surface area (Å²) in [6, 6.07) is 0.105. The molecule has 6 heteroatoms. The molecule has 0 aromatic heterocycles. The van der Waals surface area contributed by atoms with Crippen molar-refractivity contribution in [2.24, 2.45) is 11.1 Å². The second-order valence-corrected chi connectivity index (χ2v) is 8.14. The van der Waals surface area contributed by atoms with E-state index < -0.39 is 10.2 Å². The lowest BCUT2D eigenvalue weighted by atomic mass is 9.94. The normalized spacial score (nSPS) is 22.9. The molecule has 0 radical (unpaired) electrons. The maximum atomic E-state index is 12.7. The minimum absolute atomic E-state index is 0.105. The van der Waals surface area contributed by atoms with Crippen LogP contribution in [0, 0.1) is 5.41 Å². The van der Waals surface area contributed by atoms with E-state index in [0.29, 0.717) is 26.2 Å². The highest BCUT2D eigenvalue weighted by Gasteiger charge is 2.36. The first kappa shape index (κ1) is 16.9. The molecule has 1 rings (SSSR count). The van der Waals surface area contributed by atoms with E-state index in [1.54, 1.807) is 8.61 Å². The zero-order valence-electron chi connectivity index (χ0n) is 12.7. The Labute approximate surface area is 118 Å². The Morgan fingerprint density at radius 1 is 1.37 bits per heavy atom. The van der Waals surface area contributed by atoms with E-state index in [-0.39, 0.29) is 11.5 Å². The molecule has 2 N–H and O–H groups in total. The Morgan fingerprint density at radius 3 is 2.47 bits per heavy atom. The van der Waals surface area contributed by atoms with Gasteiger partial charge in [-0.1, -0.05) is 27.2 Å². The van der Waals surface area contributed by atoms with E-state index in [4.69, 9.17) is 5.73 Å². The molecule has 0 aromatic carbocycles. The van der Waals surface area contributed by atoms with Crippen molar-refractivity contribution in [3.63, 3.8) is 0 Å². The molecule has 1 saturated heterocycles. The number of nitrogens with two attached hydrogens (primary N) is 1. The molecule has 0 aliphatic carbocycles. The van der Waals surface area contributed by atoms with Crippen LogP contribution < -0.4 is 5.73 Å². The van der Waals surface area contributed by atoms with E-state index in [2.05, 4.69) is 0 Å². The third-order valence-corrected chi connectivity index (χ3v) is 6.05. The molecule has 1 aliphatic heterocycles. The molecule has 0 bridgehead atoms. The second kappa shape index (κ2) is 6.52. The summed E-state index contributed by atoms with van der Waals surface area (Å²) in [6.45, 7) is 9.99. The van der Waals surface area contributed by atoms with Crippen LogP contribution in [0.2, 0.25) is 0 Å². The van der Waals surface area contributed by atoms with Gasteiger partial charge in [0.05, 0.1) is 0 Å². The first-order valence-corrected chi connectivity index (χ1v) is 8.61. The maximum Gasteiger partial charge on any atom is 0.282 e. The number of hydrogen-bond acceptors (Lipinski definition) is 3. The third-order valence-electron chi connectivity index (χ3n) is 3.87. The number of hydrogen-bond donors (Lipinski definition) is 1. The summed E-state index contributed by atoms with van der Waals surface area (Å²) in [6.07, 6.45) is 3.03. The lowest BCUT2D eigenvalue weighted by Crippen LogP contribution is -2.52. The molecule has 19 heavy (non-hydrogen) atoms. The van der Waals surface area contributed by atoms with Crippen LogP contribution in [0.3, 0.4) is 0 Å². The minimum Gasteiger partial charge on any atom is -0.330 e. The lowest BCUT2D eigenvalue weighted by molar-refractivity contribution is 0.220. The van der Waals surface area contributed by atoms with Crippen molar-refractivity contribution < 1.29 is 8.42 Å². The van der Waals surface area contributed by atoms with Crippen molar-refractivity contribution in [3.05, 3.63) is 0 Å². The Morgan fingerprint density at radius 2 is 2.00 bits per heavy atom. The van der Waals surface area contributed by atoms with Crippen LogP contribution in [-0.2, 0) is 10.2 Å². The lowest BCUT2D eigenvalue weighted by Gasteiger charge is -2.38. The molecule has 0 aromatic rings. The highest BCUT2D eigenvalue weighted by atomic mass is 32.2. The van der Waals surface area contributed by atoms with Gasteiger partial charge in [0.15, 0.2) is 0 Å². The average molecular weight is 291 g/mol. The fraction of sp³-hybridized carbons (Fsp3) is 1.00. The monoisotopic (exact) mass is 291 g/mol. The zero-order chi connectivity index (χ0) is 14.7. The summed E-state index contributed by atoms with van der Waals surface area (Å²) in [4.78, 5) is 0. The van der Waals surface area contributed by atoms with Gasteiger partial charge < -0.3 is 5.73 Å². The molecule has 1 aliphatic rings. The first-order chi connectivity index (χ1) is 8.74. The topological polar surface area (TPSA) is 66.6 Å². The molecule has 114 valence electrons. The van der Waals surface area contributed by atoms with Crippen LogP contribution in [0.5, 0.6) is 0 Å². The van der Waals surface area contributed by atoms with Gasteiger partial charge in [-0.25, -0.2) is 0 Å². The molecule has 1 heterocycles. The van der Waals surface area contributed by atoms with Gasteiger partial charge in [0, 0.05) is 25.7 Å². The number of piperidine rings is 1. The van der Waals surface area contributed by atoms with E-state index >= 15 is 0 Å². The molecular formula is C13H29N3O2S. The molecule has 5 nitrogen and oxygen atoms in total. The summed E-state index contributed by atoms with van der Waals surface area (Å²) < 4.78 is 28.7. The average Bonchev–Trinajstić information content (AvgIpc) is 2.36. The molecule has 0 amide bonds. The number of nitrogens with zero attached hydrogens (tertiary/aromatic N) is 2.